The highest BCUT2D eigenvalue weighted by molar-refractivity contribution is 6.32. The number of aromatic nitrogens is 2. The average Bonchev–Trinajstić information content (AvgIpc) is 2.95. The summed E-state index contributed by atoms with van der Waals surface area (Å²) in [6.45, 7) is 2.03. The van der Waals surface area contributed by atoms with Crippen LogP contribution in [0.1, 0.15) is 11.5 Å². The maximum absolute atomic E-state index is 13.0. The van der Waals surface area contributed by atoms with Crippen molar-refractivity contribution in [2.45, 2.75) is 13.5 Å². The van der Waals surface area contributed by atoms with Gasteiger partial charge in [0.25, 0.3) is 5.89 Å². The Morgan fingerprint density at radius 3 is 2.77 bits per heavy atom. The molecule has 4 nitrogen and oxygen atoms in total. The molecule has 22 heavy (non-hydrogen) atoms. The predicted octanol–water partition coefficient (Wildman–Crippen LogP) is 4.42. The fourth-order valence-electron chi connectivity index (χ4n) is 1.97. The second kappa shape index (κ2) is 6.15. The summed E-state index contributed by atoms with van der Waals surface area (Å²) in [7, 11) is 0. The van der Waals surface area contributed by atoms with Crippen LogP contribution in [0.5, 0.6) is 5.75 Å². The van der Waals surface area contributed by atoms with Crippen molar-refractivity contribution in [2.24, 2.45) is 0 Å². The quantitative estimate of drug-likeness (QED) is 0.714. The number of hydrogen-bond acceptors (Lipinski definition) is 4. The van der Waals surface area contributed by atoms with Crippen molar-refractivity contribution < 1.29 is 13.5 Å². The molecule has 0 atom stereocenters. The molecule has 6 heteroatoms. The van der Waals surface area contributed by atoms with Gasteiger partial charge in [-0.05, 0) is 36.8 Å². The lowest BCUT2D eigenvalue weighted by Crippen LogP contribution is -1.96. The average molecular weight is 319 g/mol. The monoisotopic (exact) mass is 318 g/mol. The van der Waals surface area contributed by atoms with E-state index in [-0.39, 0.29) is 11.6 Å². The number of aryl methyl sites for hydroxylation is 1. The smallest absolute Gasteiger partial charge is 0.254 e. The number of halogens is 2. The molecule has 0 unspecified atom stereocenters. The number of rotatable bonds is 4. The van der Waals surface area contributed by atoms with Crippen LogP contribution in [0.15, 0.2) is 46.9 Å². The summed E-state index contributed by atoms with van der Waals surface area (Å²) in [6.07, 6.45) is 0. The van der Waals surface area contributed by atoms with E-state index < -0.39 is 5.82 Å². The van der Waals surface area contributed by atoms with Gasteiger partial charge in [0.1, 0.15) is 11.6 Å². The minimum absolute atomic E-state index is 0.0598. The summed E-state index contributed by atoms with van der Waals surface area (Å²) < 4.78 is 24.0. The van der Waals surface area contributed by atoms with Gasteiger partial charge in [0.2, 0.25) is 5.89 Å². The maximum Gasteiger partial charge on any atom is 0.254 e. The zero-order valence-corrected chi connectivity index (χ0v) is 12.5. The molecule has 0 spiro atoms. The van der Waals surface area contributed by atoms with Crippen LogP contribution in [0.3, 0.4) is 0 Å². The number of benzene rings is 2. The molecule has 0 amide bonds. The van der Waals surface area contributed by atoms with Crippen LogP contribution in [0.25, 0.3) is 11.5 Å². The van der Waals surface area contributed by atoms with Crippen molar-refractivity contribution >= 4 is 11.6 Å². The van der Waals surface area contributed by atoms with Gasteiger partial charge >= 0.3 is 0 Å². The SMILES string of the molecule is Cc1ccccc1-c1nnc(COc2ccc(F)cc2Cl)o1. The van der Waals surface area contributed by atoms with E-state index in [4.69, 9.17) is 20.8 Å². The number of ether oxygens (including phenoxy) is 1. The fourth-order valence-corrected chi connectivity index (χ4v) is 2.19. The van der Waals surface area contributed by atoms with Crippen LogP contribution >= 0.6 is 11.6 Å². The molecule has 2 aromatic carbocycles. The normalized spacial score (nSPS) is 10.7. The van der Waals surface area contributed by atoms with Crippen molar-refractivity contribution in [2.75, 3.05) is 0 Å². The van der Waals surface area contributed by atoms with Crippen LogP contribution in [-0.4, -0.2) is 10.2 Å². The molecule has 0 N–H and O–H groups in total. The van der Waals surface area contributed by atoms with E-state index in [0.29, 0.717) is 17.5 Å². The van der Waals surface area contributed by atoms with Gasteiger partial charge in [-0.1, -0.05) is 29.8 Å². The number of hydrogen-bond donors (Lipinski definition) is 0. The van der Waals surface area contributed by atoms with Crippen molar-refractivity contribution in [3.63, 3.8) is 0 Å². The molecule has 0 saturated heterocycles. The summed E-state index contributed by atoms with van der Waals surface area (Å²) in [5, 5.41) is 8.14. The highest BCUT2D eigenvalue weighted by Crippen LogP contribution is 2.26. The third kappa shape index (κ3) is 3.09. The lowest BCUT2D eigenvalue weighted by atomic mass is 10.1. The van der Waals surface area contributed by atoms with Gasteiger partial charge < -0.3 is 9.15 Å². The molecule has 1 heterocycles. The van der Waals surface area contributed by atoms with Crippen LogP contribution in [0, 0.1) is 12.7 Å². The molecule has 0 aliphatic carbocycles. The Balaban J connectivity index is 1.74. The van der Waals surface area contributed by atoms with E-state index in [2.05, 4.69) is 10.2 Å². The van der Waals surface area contributed by atoms with E-state index in [0.717, 1.165) is 11.1 Å². The molecule has 0 fully saturated rings. The third-order valence-corrected chi connectivity index (χ3v) is 3.38. The van der Waals surface area contributed by atoms with Crippen LogP contribution in [0.2, 0.25) is 5.02 Å². The third-order valence-electron chi connectivity index (χ3n) is 3.09. The zero-order valence-electron chi connectivity index (χ0n) is 11.7. The van der Waals surface area contributed by atoms with Gasteiger partial charge in [0, 0.05) is 5.56 Å². The van der Waals surface area contributed by atoms with Crippen molar-refractivity contribution in [3.8, 4) is 17.2 Å². The molecule has 112 valence electrons. The minimum atomic E-state index is -0.419. The van der Waals surface area contributed by atoms with Crippen LogP contribution in [-0.2, 0) is 6.61 Å². The van der Waals surface area contributed by atoms with Crippen LogP contribution < -0.4 is 4.74 Å². The Bertz CT molecular complexity index is 804. The van der Waals surface area contributed by atoms with Crippen molar-refractivity contribution in [3.05, 3.63) is 64.8 Å². The van der Waals surface area contributed by atoms with E-state index in [1.54, 1.807) is 0 Å². The van der Waals surface area contributed by atoms with E-state index in [1.807, 2.05) is 31.2 Å². The summed E-state index contributed by atoms with van der Waals surface area (Å²) in [5.41, 5.74) is 1.92. The van der Waals surface area contributed by atoms with E-state index in [9.17, 15) is 4.39 Å². The Kier molecular flexibility index (Phi) is 4.06. The topological polar surface area (TPSA) is 48.2 Å². The molecule has 0 saturated carbocycles. The van der Waals surface area contributed by atoms with Gasteiger partial charge in [-0.15, -0.1) is 10.2 Å². The maximum atomic E-state index is 13.0. The summed E-state index contributed by atoms with van der Waals surface area (Å²) in [5.74, 6) is 0.691. The first-order valence-corrected chi connectivity index (χ1v) is 6.97. The van der Waals surface area contributed by atoms with Gasteiger partial charge in [-0.3, -0.25) is 0 Å². The van der Waals surface area contributed by atoms with E-state index in [1.165, 1.54) is 18.2 Å². The molecular formula is C16H12ClFN2O2. The summed E-state index contributed by atoms with van der Waals surface area (Å²) >= 11 is 5.89. The molecule has 0 radical (unpaired) electrons. The molecular weight excluding hydrogens is 307 g/mol. The molecule has 0 bridgehead atoms. The van der Waals surface area contributed by atoms with Crippen molar-refractivity contribution in [1.82, 2.24) is 10.2 Å². The summed E-state index contributed by atoms with van der Waals surface area (Å²) in [6, 6.07) is 11.6. The van der Waals surface area contributed by atoms with Crippen LogP contribution in [0.4, 0.5) is 4.39 Å². The molecule has 0 aliphatic rings. The Labute approximate surface area is 131 Å². The first kappa shape index (κ1) is 14.5. The second-order valence-electron chi connectivity index (χ2n) is 4.68. The lowest BCUT2D eigenvalue weighted by molar-refractivity contribution is 0.264. The minimum Gasteiger partial charge on any atom is -0.482 e. The largest absolute Gasteiger partial charge is 0.482 e. The zero-order chi connectivity index (χ0) is 15.5. The first-order valence-electron chi connectivity index (χ1n) is 6.60. The van der Waals surface area contributed by atoms with Gasteiger partial charge in [0.05, 0.1) is 5.02 Å². The fraction of sp³-hybridized carbons (Fsp3) is 0.125. The van der Waals surface area contributed by atoms with E-state index >= 15 is 0 Å². The lowest BCUT2D eigenvalue weighted by Gasteiger charge is -2.05. The van der Waals surface area contributed by atoms with Crippen molar-refractivity contribution in [1.29, 1.82) is 0 Å². The Hall–Kier alpha value is -2.40. The predicted molar refractivity (Wildman–Crippen MR) is 80.2 cm³/mol. The van der Waals surface area contributed by atoms with Gasteiger partial charge in [-0.2, -0.15) is 0 Å². The molecule has 0 aliphatic heterocycles. The number of nitrogens with zero attached hydrogens (tertiary/aromatic N) is 2. The molecule has 1 aromatic heterocycles. The second-order valence-corrected chi connectivity index (χ2v) is 5.09. The first-order chi connectivity index (χ1) is 10.6. The van der Waals surface area contributed by atoms with Gasteiger partial charge in [-0.25, -0.2) is 4.39 Å². The van der Waals surface area contributed by atoms with Gasteiger partial charge in [0.15, 0.2) is 6.61 Å². The molecule has 3 aromatic rings. The highest BCUT2D eigenvalue weighted by Gasteiger charge is 2.11. The summed E-state index contributed by atoms with van der Waals surface area (Å²) in [4.78, 5) is 0. The standard InChI is InChI=1S/C16H12ClFN2O2/c1-10-4-2-3-5-12(10)16-20-19-15(22-16)9-21-14-7-6-11(18)8-13(14)17/h2-8H,9H2,1H3. The molecule has 3 rings (SSSR count). The highest BCUT2D eigenvalue weighted by atomic mass is 35.5. The Morgan fingerprint density at radius 2 is 2.00 bits per heavy atom. The Morgan fingerprint density at radius 1 is 1.18 bits per heavy atom.